The van der Waals surface area contributed by atoms with Gasteiger partial charge in [-0.25, -0.2) is 0 Å². The lowest BCUT2D eigenvalue weighted by atomic mass is 10.0. The first-order valence-electron chi connectivity index (χ1n) is 6.31. The molecule has 6 heteroatoms. The van der Waals surface area contributed by atoms with Crippen LogP contribution in [0, 0.1) is 6.92 Å². The van der Waals surface area contributed by atoms with E-state index in [1.165, 1.54) is 0 Å². The molecule has 1 heterocycles. The Bertz CT molecular complexity index is 604. The van der Waals surface area contributed by atoms with Gasteiger partial charge in [-0.3, -0.25) is 4.98 Å². The van der Waals surface area contributed by atoms with Crippen molar-refractivity contribution < 1.29 is 15.3 Å². The Kier molecular flexibility index (Phi) is 4.08. The number of anilines is 2. The van der Waals surface area contributed by atoms with Crippen molar-refractivity contribution in [1.82, 2.24) is 4.98 Å². The number of fused-ring (bicyclic) bond motifs is 1. The highest BCUT2D eigenvalue weighted by Gasteiger charge is 2.28. The third-order valence-electron chi connectivity index (χ3n) is 3.38. The number of aryl methyl sites for hydroxylation is 1. The van der Waals surface area contributed by atoms with Crippen LogP contribution in [0.15, 0.2) is 24.4 Å². The van der Waals surface area contributed by atoms with Crippen LogP contribution < -0.4 is 11.1 Å². The van der Waals surface area contributed by atoms with Crippen LogP contribution in [-0.4, -0.2) is 45.7 Å². The molecule has 0 radical (unpaired) electrons. The van der Waals surface area contributed by atoms with Gasteiger partial charge in [0.1, 0.15) is 5.54 Å². The zero-order valence-corrected chi connectivity index (χ0v) is 11.3. The molecular weight excluding hydrogens is 258 g/mol. The Labute approximate surface area is 116 Å². The van der Waals surface area contributed by atoms with Crippen LogP contribution in [-0.2, 0) is 0 Å². The number of pyridine rings is 1. The lowest BCUT2D eigenvalue weighted by Gasteiger charge is -2.30. The van der Waals surface area contributed by atoms with Crippen molar-refractivity contribution in [3.63, 3.8) is 0 Å². The molecule has 0 saturated carbocycles. The highest BCUT2D eigenvalue weighted by atomic mass is 16.3. The lowest BCUT2D eigenvalue weighted by molar-refractivity contribution is 0.0834. The Hall–Kier alpha value is -1.89. The first kappa shape index (κ1) is 14.5. The summed E-state index contributed by atoms with van der Waals surface area (Å²) < 4.78 is 0. The summed E-state index contributed by atoms with van der Waals surface area (Å²) in [6, 6.07) is 5.34. The molecule has 1 aromatic carbocycles. The summed E-state index contributed by atoms with van der Waals surface area (Å²) in [5, 5.41) is 32.8. The Morgan fingerprint density at radius 1 is 1.15 bits per heavy atom. The number of aliphatic hydroxyl groups is 3. The minimum atomic E-state index is -1.18. The van der Waals surface area contributed by atoms with Crippen molar-refractivity contribution >= 4 is 22.1 Å². The monoisotopic (exact) mass is 277 g/mol. The summed E-state index contributed by atoms with van der Waals surface area (Å²) in [6.07, 6.45) is 1.68. The van der Waals surface area contributed by atoms with Crippen LogP contribution in [0.3, 0.4) is 0 Å². The Morgan fingerprint density at radius 2 is 1.80 bits per heavy atom. The molecule has 0 amide bonds. The Balaban J connectivity index is 2.54. The Morgan fingerprint density at radius 3 is 2.40 bits per heavy atom. The molecule has 6 nitrogen and oxygen atoms in total. The maximum absolute atomic E-state index is 9.40. The van der Waals surface area contributed by atoms with Crippen LogP contribution in [0.2, 0.25) is 0 Å². The summed E-state index contributed by atoms with van der Waals surface area (Å²) in [6.45, 7) is 0.686. The SMILES string of the molecule is Cc1cc2c(NC(CO)(CO)CO)ccc(N)c2cn1. The molecule has 20 heavy (non-hydrogen) atoms. The summed E-state index contributed by atoms with van der Waals surface area (Å²) in [7, 11) is 0. The topological polar surface area (TPSA) is 112 Å². The smallest absolute Gasteiger partial charge is 0.107 e. The van der Waals surface area contributed by atoms with E-state index < -0.39 is 25.4 Å². The van der Waals surface area contributed by atoms with Crippen LogP contribution in [0.25, 0.3) is 10.8 Å². The highest BCUT2D eigenvalue weighted by Crippen LogP contribution is 2.30. The number of nitrogens with two attached hydrogens (primary N) is 1. The minimum absolute atomic E-state index is 0.393. The van der Waals surface area contributed by atoms with Crippen LogP contribution in [0.4, 0.5) is 11.4 Å². The molecule has 6 N–H and O–H groups in total. The van der Waals surface area contributed by atoms with Gasteiger partial charge in [-0.05, 0) is 25.1 Å². The molecule has 2 aromatic rings. The minimum Gasteiger partial charge on any atom is -0.398 e. The molecule has 0 aliphatic rings. The van der Waals surface area contributed by atoms with Crippen LogP contribution >= 0.6 is 0 Å². The third kappa shape index (κ3) is 2.53. The van der Waals surface area contributed by atoms with Crippen molar-refractivity contribution in [3.05, 3.63) is 30.1 Å². The van der Waals surface area contributed by atoms with Gasteiger partial charge in [0.25, 0.3) is 0 Å². The van der Waals surface area contributed by atoms with Gasteiger partial charge >= 0.3 is 0 Å². The molecule has 1 aromatic heterocycles. The fourth-order valence-corrected chi connectivity index (χ4v) is 2.03. The van der Waals surface area contributed by atoms with E-state index in [1.54, 1.807) is 18.3 Å². The molecule has 0 unspecified atom stereocenters. The fourth-order valence-electron chi connectivity index (χ4n) is 2.03. The number of benzene rings is 1. The van der Waals surface area contributed by atoms with E-state index in [4.69, 9.17) is 5.73 Å². The highest BCUT2D eigenvalue weighted by molar-refractivity contribution is 6.01. The number of aliphatic hydroxyl groups excluding tert-OH is 3. The molecular formula is C14H19N3O3. The second kappa shape index (κ2) is 5.62. The summed E-state index contributed by atoms with van der Waals surface area (Å²) in [4.78, 5) is 4.21. The maximum atomic E-state index is 9.40. The molecule has 0 fully saturated rings. The van der Waals surface area contributed by atoms with Gasteiger partial charge in [0.05, 0.1) is 19.8 Å². The molecule has 0 aliphatic carbocycles. The zero-order valence-electron chi connectivity index (χ0n) is 11.3. The summed E-state index contributed by atoms with van der Waals surface area (Å²) in [5.74, 6) is 0. The molecule has 0 aliphatic heterocycles. The molecule has 0 saturated heterocycles. The van der Waals surface area contributed by atoms with Crippen molar-refractivity contribution in [2.45, 2.75) is 12.5 Å². The van der Waals surface area contributed by atoms with E-state index in [0.29, 0.717) is 11.4 Å². The zero-order chi connectivity index (χ0) is 14.8. The second-order valence-electron chi connectivity index (χ2n) is 4.95. The molecule has 0 spiro atoms. The molecule has 108 valence electrons. The average molecular weight is 277 g/mol. The normalized spacial score (nSPS) is 11.8. The molecule has 2 rings (SSSR count). The van der Waals surface area contributed by atoms with E-state index in [1.807, 2.05) is 13.0 Å². The average Bonchev–Trinajstić information content (AvgIpc) is 2.47. The van der Waals surface area contributed by atoms with Gasteiger partial charge in [-0.1, -0.05) is 0 Å². The van der Waals surface area contributed by atoms with E-state index in [-0.39, 0.29) is 0 Å². The van der Waals surface area contributed by atoms with Crippen molar-refractivity contribution in [2.75, 3.05) is 30.9 Å². The summed E-state index contributed by atoms with van der Waals surface area (Å²) in [5.41, 5.74) is 6.84. The standard InChI is InChI=1S/C14H19N3O3/c1-9-4-10-11(5-16-9)12(15)2-3-13(10)17-14(6-18,7-19)8-20/h2-5,17-20H,6-8,15H2,1H3. The second-order valence-corrected chi connectivity index (χ2v) is 4.95. The van der Waals surface area contributed by atoms with E-state index >= 15 is 0 Å². The van der Waals surface area contributed by atoms with Crippen molar-refractivity contribution in [1.29, 1.82) is 0 Å². The quantitative estimate of drug-likeness (QED) is 0.501. The van der Waals surface area contributed by atoms with E-state index in [0.717, 1.165) is 16.5 Å². The van der Waals surface area contributed by atoms with Crippen molar-refractivity contribution in [2.24, 2.45) is 0 Å². The third-order valence-corrected chi connectivity index (χ3v) is 3.38. The number of aromatic nitrogens is 1. The van der Waals surface area contributed by atoms with Crippen molar-refractivity contribution in [3.8, 4) is 0 Å². The van der Waals surface area contributed by atoms with Gasteiger partial charge in [0.2, 0.25) is 0 Å². The van der Waals surface area contributed by atoms with Crippen LogP contribution in [0.1, 0.15) is 5.69 Å². The van der Waals surface area contributed by atoms with Gasteiger partial charge in [-0.15, -0.1) is 0 Å². The van der Waals surface area contributed by atoms with Crippen LogP contribution in [0.5, 0.6) is 0 Å². The van der Waals surface area contributed by atoms with Gasteiger partial charge in [0.15, 0.2) is 0 Å². The first-order chi connectivity index (χ1) is 9.55. The number of hydrogen-bond donors (Lipinski definition) is 5. The maximum Gasteiger partial charge on any atom is 0.107 e. The predicted octanol–water partition coefficient (Wildman–Crippen LogP) is 0.253. The van der Waals surface area contributed by atoms with E-state index in [9.17, 15) is 15.3 Å². The summed E-state index contributed by atoms with van der Waals surface area (Å²) >= 11 is 0. The molecule has 0 bridgehead atoms. The van der Waals surface area contributed by atoms with Gasteiger partial charge in [-0.2, -0.15) is 0 Å². The van der Waals surface area contributed by atoms with E-state index in [2.05, 4.69) is 10.3 Å². The van der Waals surface area contributed by atoms with Gasteiger partial charge in [0, 0.05) is 34.0 Å². The number of nitrogens with zero attached hydrogens (tertiary/aromatic N) is 1. The van der Waals surface area contributed by atoms with Gasteiger partial charge < -0.3 is 26.4 Å². The number of rotatable bonds is 5. The first-order valence-corrected chi connectivity index (χ1v) is 6.31. The number of nitrogens with one attached hydrogen (secondary N) is 1. The number of hydrogen-bond acceptors (Lipinski definition) is 6. The lowest BCUT2D eigenvalue weighted by Crippen LogP contribution is -2.49. The fraction of sp³-hybridized carbons (Fsp3) is 0.357. The largest absolute Gasteiger partial charge is 0.398 e. The molecule has 0 atom stereocenters. The predicted molar refractivity (Wildman–Crippen MR) is 78.5 cm³/mol. The number of nitrogen functional groups attached to an aromatic ring is 1.